The third kappa shape index (κ3) is 2.73. The number of hydrogen-bond donors (Lipinski definition) is 1. The van der Waals surface area contributed by atoms with E-state index in [4.69, 9.17) is 0 Å². The molecule has 0 fully saturated rings. The molecule has 1 N–H and O–H groups in total. The molecule has 1 amide bonds. The standard InChI is InChI=1S/C16H17N5O3/c1-19-14-13(15(23)20(2)16(19)24)18-10-21(14)9-12(22)17-8-11-6-4-3-5-7-11/h3-7,10H,8-9H2,1-2H3,(H,17,22). The zero-order chi connectivity index (χ0) is 17.3. The van der Waals surface area contributed by atoms with E-state index >= 15 is 0 Å². The molecule has 124 valence electrons. The molecular formula is C16H17N5O3. The predicted molar refractivity (Wildman–Crippen MR) is 88.5 cm³/mol. The first-order chi connectivity index (χ1) is 11.5. The molecule has 24 heavy (non-hydrogen) atoms. The monoisotopic (exact) mass is 327 g/mol. The number of aromatic nitrogens is 4. The highest BCUT2D eigenvalue weighted by molar-refractivity contribution is 5.78. The summed E-state index contributed by atoms with van der Waals surface area (Å²) in [5.41, 5.74) is 0.548. The Labute approximate surface area is 137 Å². The molecule has 8 heteroatoms. The molecule has 0 unspecified atom stereocenters. The normalized spacial score (nSPS) is 10.9. The molecule has 0 spiro atoms. The van der Waals surface area contributed by atoms with Gasteiger partial charge in [0.1, 0.15) is 12.2 Å². The highest BCUT2D eigenvalue weighted by Gasteiger charge is 2.15. The molecule has 0 saturated heterocycles. The SMILES string of the molecule is Cn1c(=O)c2ncn(CC(=O)NCc3ccccc3)c2n(C)c1=O. The van der Waals surface area contributed by atoms with Crippen LogP contribution < -0.4 is 16.6 Å². The van der Waals surface area contributed by atoms with Crippen LogP contribution in [0.2, 0.25) is 0 Å². The first-order valence-corrected chi connectivity index (χ1v) is 7.40. The van der Waals surface area contributed by atoms with E-state index in [1.807, 2.05) is 30.3 Å². The molecule has 3 rings (SSSR count). The zero-order valence-corrected chi connectivity index (χ0v) is 13.4. The first kappa shape index (κ1) is 15.7. The summed E-state index contributed by atoms with van der Waals surface area (Å²) >= 11 is 0. The van der Waals surface area contributed by atoms with Crippen LogP contribution in [0.3, 0.4) is 0 Å². The van der Waals surface area contributed by atoms with E-state index in [0.717, 1.165) is 10.1 Å². The van der Waals surface area contributed by atoms with E-state index in [2.05, 4.69) is 10.3 Å². The fourth-order valence-corrected chi connectivity index (χ4v) is 2.56. The van der Waals surface area contributed by atoms with Gasteiger partial charge in [0.15, 0.2) is 5.52 Å². The summed E-state index contributed by atoms with van der Waals surface area (Å²) < 4.78 is 3.81. The smallest absolute Gasteiger partial charge is 0.332 e. The van der Waals surface area contributed by atoms with Gasteiger partial charge in [-0.15, -0.1) is 0 Å². The summed E-state index contributed by atoms with van der Waals surface area (Å²) in [5.74, 6) is -0.230. The molecule has 0 bridgehead atoms. The molecule has 2 heterocycles. The third-order valence-electron chi connectivity index (χ3n) is 3.86. The van der Waals surface area contributed by atoms with E-state index in [9.17, 15) is 14.4 Å². The summed E-state index contributed by atoms with van der Waals surface area (Å²) in [6.07, 6.45) is 1.40. The average Bonchev–Trinajstić information content (AvgIpc) is 3.01. The van der Waals surface area contributed by atoms with Gasteiger partial charge in [-0.2, -0.15) is 0 Å². The lowest BCUT2D eigenvalue weighted by atomic mass is 10.2. The second kappa shape index (κ2) is 6.15. The fraction of sp³-hybridized carbons (Fsp3) is 0.250. The van der Waals surface area contributed by atoms with Gasteiger partial charge in [0.05, 0.1) is 6.33 Å². The number of rotatable bonds is 4. The van der Waals surface area contributed by atoms with Crippen molar-refractivity contribution in [2.45, 2.75) is 13.1 Å². The third-order valence-corrected chi connectivity index (χ3v) is 3.86. The molecule has 0 saturated carbocycles. The van der Waals surface area contributed by atoms with Crippen molar-refractivity contribution in [3.63, 3.8) is 0 Å². The van der Waals surface area contributed by atoms with E-state index in [0.29, 0.717) is 12.2 Å². The van der Waals surface area contributed by atoms with E-state index in [-0.39, 0.29) is 18.0 Å². The lowest BCUT2D eigenvalue weighted by Gasteiger charge is -2.09. The Morgan fingerprint density at radius 1 is 1.12 bits per heavy atom. The number of amides is 1. The molecule has 1 aromatic carbocycles. The molecule has 8 nitrogen and oxygen atoms in total. The minimum Gasteiger partial charge on any atom is -0.350 e. The maximum absolute atomic E-state index is 12.1. The van der Waals surface area contributed by atoms with Gasteiger partial charge in [0, 0.05) is 20.6 Å². The van der Waals surface area contributed by atoms with Crippen LogP contribution in [0, 0.1) is 0 Å². The Balaban J connectivity index is 1.84. The van der Waals surface area contributed by atoms with Gasteiger partial charge in [-0.25, -0.2) is 9.78 Å². The Morgan fingerprint density at radius 3 is 2.54 bits per heavy atom. The fourth-order valence-electron chi connectivity index (χ4n) is 2.56. The largest absolute Gasteiger partial charge is 0.350 e. The van der Waals surface area contributed by atoms with Crippen molar-refractivity contribution in [2.24, 2.45) is 14.1 Å². The Morgan fingerprint density at radius 2 is 1.83 bits per heavy atom. The summed E-state index contributed by atoms with van der Waals surface area (Å²) in [5, 5.41) is 2.80. The van der Waals surface area contributed by atoms with Crippen LogP contribution in [0.5, 0.6) is 0 Å². The van der Waals surface area contributed by atoms with E-state index in [1.54, 1.807) is 7.05 Å². The molecule has 0 aliphatic heterocycles. The molecule has 0 aliphatic carbocycles. The van der Waals surface area contributed by atoms with Gasteiger partial charge < -0.3 is 9.88 Å². The van der Waals surface area contributed by atoms with Gasteiger partial charge in [-0.1, -0.05) is 30.3 Å². The second-order valence-corrected chi connectivity index (χ2v) is 5.51. The molecule has 0 aliphatic rings. The van der Waals surface area contributed by atoms with Gasteiger partial charge >= 0.3 is 5.69 Å². The minimum absolute atomic E-state index is 0.0240. The quantitative estimate of drug-likeness (QED) is 0.715. The average molecular weight is 327 g/mol. The van der Waals surface area contributed by atoms with Gasteiger partial charge in [0.25, 0.3) is 5.56 Å². The number of carbonyl (C=O) groups excluding carboxylic acids is 1. The molecule has 0 radical (unpaired) electrons. The van der Waals surface area contributed by atoms with Crippen LogP contribution in [0.15, 0.2) is 46.2 Å². The van der Waals surface area contributed by atoms with Gasteiger partial charge in [-0.3, -0.25) is 18.7 Å². The van der Waals surface area contributed by atoms with E-state index in [1.165, 1.54) is 22.5 Å². The van der Waals surface area contributed by atoms with Crippen LogP contribution in [0.4, 0.5) is 0 Å². The Kier molecular flexibility index (Phi) is 4.03. The highest BCUT2D eigenvalue weighted by atomic mass is 16.2. The highest BCUT2D eigenvalue weighted by Crippen LogP contribution is 2.05. The van der Waals surface area contributed by atoms with Crippen molar-refractivity contribution in [1.82, 2.24) is 24.0 Å². The number of aryl methyl sites for hydroxylation is 1. The van der Waals surface area contributed by atoms with Gasteiger partial charge in [-0.05, 0) is 5.56 Å². The lowest BCUT2D eigenvalue weighted by molar-refractivity contribution is -0.121. The van der Waals surface area contributed by atoms with Crippen LogP contribution in [0.1, 0.15) is 5.56 Å². The number of carbonyl (C=O) groups is 1. The first-order valence-electron chi connectivity index (χ1n) is 7.40. The van der Waals surface area contributed by atoms with Crippen molar-refractivity contribution in [2.75, 3.05) is 0 Å². The summed E-state index contributed by atoms with van der Waals surface area (Å²) in [4.78, 5) is 40.3. The molecule has 3 aromatic rings. The lowest BCUT2D eigenvalue weighted by Crippen LogP contribution is -2.37. The number of fused-ring (bicyclic) bond motifs is 1. The maximum Gasteiger partial charge on any atom is 0.332 e. The number of imidazole rings is 1. The maximum atomic E-state index is 12.1. The van der Waals surface area contributed by atoms with Crippen LogP contribution >= 0.6 is 0 Å². The van der Waals surface area contributed by atoms with Crippen molar-refractivity contribution in [3.8, 4) is 0 Å². The number of benzene rings is 1. The molecular weight excluding hydrogens is 310 g/mol. The van der Waals surface area contributed by atoms with Crippen molar-refractivity contribution >= 4 is 17.1 Å². The summed E-state index contributed by atoms with van der Waals surface area (Å²) in [6.45, 7) is 0.386. The van der Waals surface area contributed by atoms with Crippen molar-refractivity contribution in [1.29, 1.82) is 0 Å². The van der Waals surface area contributed by atoms with Crippen molar-refractivity contribution in [3.05, 3.63) is 63.1 Å². The van der Waals surface area contributed by atoms with Crippen LogP contribution in [-0.4, -0.2) is 24.6 Å². The number of nitrogens with one attached hydrogen (secondary N) is 1. The van der Waals surface area contributed by atoms with E-state index < -0.39 is 11.2 Å². The Bertz CT molecular complexity index is 1010. The number of nitrogens with zero attached hydrogens (tertiary/aromatic N) is 4. The zero-order valence-electron chi connectivity index (χ0n) is 13.4. The topological polar surface area (TPSA) is 90.9 Å². The van der Waals surface area contributed by atoms with Gasteiger partial charge in [0.2, 0.25) is 5.91 Å². The molecule has 0 atom stereocenters. The van der Waals surface area contributed by atoms with Crippen LogP contribution in [-0.2, 0) is 32.0 Å². The van der Waals surface area contributed by atoms with Crippen molar-refractivity contribution < 1.29 is 4.79 Å². The minimum atomic E-state index is -0.475. The van der Waals surface area contributed by atoms with Crippen LogP contribution in [0.25, 0.3) is 11.2 Å². The number of hydrogen-bond acceptors (Lipinski definition) is 4. The second-order valence-electron chi connectivity index (χ2n) is 5.51. The Hall–Kier alpha value is -3.16. The predicted octanol–water partition coefficient (Wildman–Crippen LogP) is -0.250. The summed E-state index contributed by atoms with van der Waals surface area (Å²) in [7, 11) is 2.94. The summed E-state index contributed by atoms with van der Waals surface area (Å²) in [6, 6.07) is 9.54. The molecule has 2 aromatic heterocycles.